The minimum Gasteiger partial charge on any atom is -0.394 e. The zero-order valence-electron chi connectivity index (χ0n) is 21.0. The highest BCUT2D eigenvalue weighted by Crippen LogP contribution is 2.36. The number of hydrogen-bond acceptors (Lipinski definition) is 8. The lowest BCUT2D eigenvalue weighted by Gasteiger charge is -2.38. The van der Waals surface area contributed by atoms with Crippen LogP contribution in [0.5, 0.6) is 0 Å². The van der Waals surface area contributed by atoms with Crippen LogP contribution in [0.3, 0.4) is 0 Å². The van der Waals surface area contributed by atoms with Gasteiger partial charge in [-0.1, -0.05) is 43.0 Å². The maximum atomic E-state index is 11.2. The second-order valence-electron chi connectivity index (χ2n) is 9.43. The number of hydrogen-bond donors (Lipinski definition) is 1. The highest BCUT2D eigenvalue weighted by Gasteiger charge is 2.29. The van der Waals surface area contributed by atoms with Crippen LogP contribution in [0.15, 0.2) is 66.8 Å². The van der Waals surface area contributed by atoms with Crippen LogP contribution in [0.1, 0.15) is 24.1 Å². The van der Waals surface area contributed by atoms with Gasteiger partial charge in [-0.3, -0.25) is 4.79 Å². The molecule has 2 saturated heterocycles. The molecule has 2 fully saturated rings. The summed E-state index contributed by atoms with van der Waals surface area (Å²) in [5.74, 6) is 1.45. The summed E-state index contributed by atoms with van der Waals surface area (Å²) in [6.07, 6.45) is 2.34. The molecule has 0 spiro atoms. The Morgan fingerprint density at radius 1 is 1.16 bits per heavy atom. The molecule has 0 saturated carbocycles. The van der Waals surface area contributed by atoms with Crippen molar-refractivity contribution >= 4 is 34.5 Å². The van der Waals surface area contributed by atoms with E-state index in [1.807, 2.05) is 30.3 Å². The normalized spacial score (nSPS) is 20.8. The number of aromatic nitrogens is 2. The van der Waals surface area contributed by atoms with E-state index in [1.54, 1.807) is 13.0 Å². The van der Waals surface area contributed by atoms with Crippen LogP contribution in [-0.4, -0.2) is 73.5 Å². The summed E-state index contributed by atoms with van der Waals surface area (Å²) in [5, 5.41) is 10.6. The first-order chi connectivity index (χ1) is 18.1. The van der Waals surface area contributed by atoms with Gasteiger partial charge in [0.25, 0.3) is 0 Å². The maximum absolute atomic E-state index is 11.2. The molecule has 37 heavy (non-hydrogen) atoms. The molecule has 2 aliphatic rings. The van der Waals surface area contributed by atoms with E-state index in [2.05, 4.69) is 34.6 Å². The second-order valence-corrected chi connectivity index (χ2v) is 9.43. The van der Waals surface area contributed by atoms with E-state index in [-0.39, 0.29) is 18.8 Å². The van der Waals surface area contributed by atoms with Crippen LogP contribution in [0.25, 0.3) is 16.5 Å². The number of nitrogens with zero attached hydrogens (tertiary/aromatic N) is 4. The van der Waals surface area contributed by atoms with Gasteiger partial charge in [0.2, 0.25) is 5.95 Å². The van der Waals surface area contributed by atoms with Crippen LogP contribution in [0, 0.1) is 0 Å². The molecule has 8 nitrogen and oxygen atoms in total. The molecule has 3 aromatic rings. The van der Waals surface area contributed by atoms with Crippen molar-refractivity contribution in [2.45, 2.75) is 19.1 Å². The maximum Gasteiger partial charge on any atom is 0.228 e. The van der Waals surface area contributed by atoms with Gasteiger partial charge in [-0.15, -0.1) is 0 Å². The Labute approximate surface area is 216 Å². The highest BCUT2D eigenvalue weighted by molar-refractivity contribution is 5.94. The van der Waals surface area contributed by atoms with E-state index in [0.29, 0.717) is 51.0 Å². The van der Waals surface area contributed by atoms with Crippen molar-refractivity contribution in [1.29, 1.82) is 0 Å². The van der Waals surface area contributed by atoms with Gasteiger partial charge in [-0.25, -0.2) is 4.98 Å². The number of carbonyl (C=O) groups excluding carboxylic acids is 1. The number of benzene rings is 2. The van der Waals surface area contributed by atoms with Gasteiger partial charge in [0, 0.05) is 25.0 Å². The number of aliphatic hydroxyl groups is 1. The molecule has 3 heterocycles. The Morgan fingerprint density at radius 3 is 2.78 bits per heavy atom. The van der Waals surface area contributed by atoms with E-state index >= 15 is 0 Å². The smallest absolute Gasteiger partial charge is 0.228 e. The second kappa shape index (κ2) is 11.2. The molecule has 8 heteroatoms. The van der Waals surface area contributed by atoms with Gasteiger partial charge in [0.05, 0.1) is 44.1 Å². The predicted octanol–water partition coefficient (Wildman–Crippen LogP) is 3.56. The molecule has 192 valence electrons. The fourth-order valence-corrected chi connectivity index (χ4v) is 4.87. The van der Waals surface area contributed by atoms with Crippen molar-refractivity contribution in [3.63, 3.8) is 0 Å². The molecular weight excluding hydrogens is 468 g/mol. The van der Waals surface area contributed by atoms with Crippen molar-refractivity contribution in [3.8, 4) is 0 Å². The molecule has 1 aromatic heterocycles. The third kappa shape index (κ3) is 5.41. The van der Waals surface area contributed by atoms with Crippen molar-refractivity contribution < 1.29 is 19.4 Å². The van der Waals surface area contributed by atoms with Crippen LogP contribution in [0.2, 0.25) is 0 Å². The topological polar surface area (TPSA) is 88.0 Å². The largest absolute Gasteiger partial charge is 0.394 e. The zero-order chi connectivity index (χ0) is 25.8. The molecule has 2 atom stereocenters. The molecule has 5 rings (SSSR count). The minimum atomic E-state index is -0.268. The van der Waals surface area contributed by atoms with Crippen LogP contribution >= 0.6 is 0 Å². The lowest BCUT2D eigenvalue weighted by molar-refractivity contribution is -0.104. The fraction of sp³-hybridized carbons (Fsp3) is 0.345. The molecule has 0 bridgehead atoms. The van der Waals surface area contributed by atoms with Crippen LogP contribution in [0.4, 0.5) is 11.8 Å². The van der Waals surface area contributed by atoms with E-state index in [1.165, 1.54) is 0 Å². The van der Waals surface area contributed by atoms with Gasteiger partial charge in [0.1, 0.15) is 12.1 Å². The summed E-state index contributed by atoms with van der Waals surface area (Å²) in [4.78, 5) is 25.6. The number of anilines is 2. The number of aldehydes is 1. The van der Waals surface area contributed by atoms with Crippen molar-refractivity contribution in [2.75, 3.05) is 55.9 Å². The SMILES string of the molecule is C=C(/C=C(/C)C=O)c1ccc2nc(N3CCO[C@H](CO)C3)nc(N3CCOC[C@@H]3c3ccccc3)c2c1. The summed E-state index contributed by atoms with van der Waals surface area (Å²) in [7, 11) is 0. The Kier molecular flexibility index (Phi) is 7.60. The highest BCUT2D eigenvalue weighted by atomic mass is 16.5. The van der Waals surface area contributed by atoms with E-state index in [0.717, 1.165) is 39.7 Å². The fourth-order valence-electron chi connectivity index (χ4n) is 4.87. The van der Waals surface area contributed by atoms with E-state index in [9.17, 15) is 9.90 Å². The first kappa shape index (κ1) is 25.1. The quantitative estimate of drug-likeness (QED) is 0.299. The van der Waals surface area contributed by atoms with Crippen LogP contribution in [-0.2, 0) is 14.3 Å². The lowest BCUT2D eigenvalue weighted by Crippen LogP contribution is -2.45. The average molecular weight is 501 g/mol. The Morgan fingerprint density at radius 2 is 2.00 bits per heavy atom. The van der Waals surface area contributed by atoms with Crippen molar-refractivity contribution in [3.05, 3.63) is 77.9 Å². The van der Waals surface area contributed by atoms with E-state index < -0.39 is 0 Å². The first-order valence-electron chi connectivity index (χ1n) is 12.6. The lowest BCUT2D eigenvalue weighted by atomic mass is 10.0. The third-order valence-corrected chi connectivity index (χ3v) is 6.83. The predicted molar refractivity (Wildman–Crippen MR) is 145 cm³/mol. The molecular formula is C29H32N4O4. The summed E-state index contributed by atoms with van der Waals surface area (Å²) in [6, 6.07) is 16.3. The van der Waals surface area contributed by atoms with Crippen molar-refractivity contribution in [1.82, 2.24) is 9.97 Å². The average Bonchev–Trinajstić information content (AvgIpc) is 2.96. The minimum absolute atomic E-state index is 0.000148. The number of fused-ring (bicyclic) bond motifs is 1. The number of morpholine rings is 2. The number of carbonyl (C=O) groups is 1. The molecule has 2 aliphatic heterocycles. The molecule has 2 aromatic carbocycles. The van der Waals surface area contributed by atoms with Gasteiger partial charge in [0.15, 0.2) is 0 Å². The Bertz CT molecular complexity index is 1310. The summed E-state index contributed by atoms with van der Waals surface area (Å²) in [5.41, 5.74) is 4.25. The number of ether oxygens (including phenoxy) is 2. The van der Waals surface area contributed by atoms with Gasteiger partial charge >= 0.3 is 0 Å². The van der Waals surface area contributed by atoms with Gasteiger partial charge < -0.3 is 24.4 Å². The zero-order valence-corrected chi connectivity index (χ0v) is 21.0. The molecule has 0 aliphatic carbocycles. The summed E-state index contributed by atoms with van der Waals surface area (Å²) in [6.45, 7) is 9.42. The number of aliphatic hydroxyl groups excluding tert-OH is 1. The first-order valence-corrected chi connectivity index (χ1v) is 12.6. The standard InChI is InChI=1S/C29H32N4O4/c1-20(17-34)14-21(2)23-8-9-26-25(15-23)28(31-29(30-26)32-10-13-37-24(16-32)18-35)33-11-12-36-19-27(33)22-6-4-3-5-7-22/h3-9,14-15,17,24,27,35H,2,10-13,16,18-19H2,1H3/b20-14-/t24-,27+/m0/s1. The summed E-state index contributed by atoms with van der Waals surface area (Å²) >= 11 is 0. The van der Waals surface area contributed by atoms with Crippen molar-refractivity contribution in [2.24, 2.45) is 0 Å². The van der Waals surface area contributed by atoms with Crippen LogP contribution < -0.4 is 9.80 Å². The molecule has 0 radical (unpaired) electrons. The molecule has 1 N–H and O–H groups in total. The Balaban J connectivity index is 1.64. The number of allylic oxidation sites excluding steroid dienone is 3. The molecule has 0 unspecified atom stereocenters. The number of rotatable bonds is 7. The third-order valence-electron chi connectivity index (χ3n) is 6.83. The summed E-state index contributed by atoms with van der Waals surface area (Å²) < 4.78 is 11.6. The Hall–Kier alpha value is -3.59. The van der Waals surface area contributed by atoms with Gasteiger partial charge in [-0.05, 0) is 47.4 Å². The van der Waals surface area contributed by atoms with E-state index in [4.69, 9.17) is 19.4 Å². The van der Waals surface area contributed by atoms with Gasteiger partial charge in [-0.2, -0.15) is 4.98 Å². The molecule has 0 amide bonds. The monoisotopic (exact) mass is 500 g/mol.